The average Bonchev–Trinajstić information content (AvgIpc) is 2.34. The molecule has 0 aliphatic carbocycles. The molecule has 17 heavy (non-hydrogen) atoms. The number of carbonyl (C=O) groups is 1. The first kappa shape index (κ1) is 14.0. The molecule has 1 unspecified atom stereocenters. The molecule has 0 aliphatic heterocycles. The maximum absolute atomic E-state index is 11.1. The maximum atomic E-state index is 11.1. The zero-order valence-corrected chi connectivity index (χ0v) is 10.5. The summed E-state index contributed by atoms with van der Waals surface area (Å²) in [5.41, 5.74) is 0.730. The first-order chi connectivity index (χ1) is 8.19. The molecule has 0 aromatic heterocycles. The van der Waals surface area contributed by atoms with Gasteiger partial charge in [-0.2, -0.15) is 0 Å². The van der Waals surface area contributed by atoms with E-state index in [9.17, 15) is 4.79 Å². The van der Waals surface area contributed by atoms with Gasteiger partial charge < -0.3 is 15.5 Å². The van der Waals surface area contributed by atoms with Crippen molar-refractivity contribution in [2.24, 2.45) is 0 Å². The van der Waals surface area contributed by atoms with Crippen molar-refractivity contribution in [3.8, 4) is 0 Å². The first-order valence-electron chi connectivity index (χ1n) is 5.40. The molecule has 1 aromatic rings. The summed E-state index contributed by atoms with van der Waals surface area (Å²) >= 11 is 1.62. The summed E-state index contributed by atoms with van der Waals surface area (Å²) in [7, 11) is 0. The summed E-state index contributed by atoms with van der Waals surface area (Å²) < 4.78 is 0. The van der Waals surface area contributed by atoms with Gasteiger partial charge in [0.05, 0.1) is 0 Å². The molecule has 0 radical (unpaired) electrons. The third-order valence-corrected chi connectivity index (χ3v) is 3.12. The number of carboxylic acid groups (broad SMARTS) is 1. The minimum absolute atomic E-state index is 0.0603. The predicted molar refractivity (Wildman–Crippen MR) is 68.3 cm³/mol. The molecule has 1 rings (SSSR count). The summed E-state index contributed by atoms with van der Waals surface area (Å²) in [5, 5.41) is 20.7. The lowest BCUT2D eigenvalue weighted by Gasteiger charge is -2.14. The molecule has 0 amide bonds. The van der Waals surface area contributed by atoms with Crippen LogP contribution in [0.15, 0.2) is 29.2 Å². The molecule has 3 N–H and O–H groups in total. The lowest BCUT2D eigenvalue weighted by molar-refractivity contribution is -0.139. The van der Waals surface area contributed by atoms with Crippen LogP contribution >= 0.6 is 11.8 Å². The molecule has 5 heteroatoms. The van der Waals surface area contributed by atoms with Gasteiger partial charge in [-0.1, -0.05) is 12.1 Å². The number of hydrogen-bond acceptors (Lipinski definition) is 4. The second-order valence-electron chi connectivity index (χ2n) is 3.58. The van der Waals surface area contributed by atoms with Crippen molar-refractivity contribution >= 4 is 17.7 Å². The summed E-state index contributed by atoms with van der Waals surface area (Å²) in [6, 6.07) is 6.73. The second kappa shape index (κ2) is 7.32. The fraction of sp³-hybridized carbons (Fsp3) is 0.417. The van der Waals surface area contributed by atoms with Gasteiger partial charge in [-0.3, -0.25) is 4.79 Å². The summed E-state index contributed by atoms with van der Waals surface area (Å²) in [6.07, 6.45) is 2.52. The van der Waals surface area contributed by atoms with E-state index in [-0.39, 0.29) is 6.61 Å². The van der Waals surface area contributed by atoms with Gasteiger partial charge in [0, 0.05) is 11.5 Å². The van der Waals surface area contributed by atoms with Crippen LogP contribution in [-0.4, -0.2) is 35.6 Å². The van der Waals surface area contributed by atoms with Gasteiger partial charge in [0.15, 0.2) is 0 Å². The van der Waals surface area contributed by atoms with Crippen LogP contribution in [0.25, 0.3) is 0 Å². The summed E-state index contributed by atoms with van der Waals surface area (Å²) in [6.45, 7) is 0.544. The fourth-order valence-corrected chi connectivity index (χ4v) is 1.88. The van der Waals surface area contributed by atoms with Gasteiger partial charge >= 0.3 is 5.97 Å². The van der Waals surface area contributed by atoms with Gasteiger partial charge in [0.25, 0.3) is 0 Å². The largest absolute Gasteiger partial charge is 0.480 e. The molecular weight excluding hydrogens is 238 g/mol. The lowest BCUT2D eigenvalue weighted by atomic mass is 10.1. The number of thioether (sulfide) groups is 1. The van der Waals surface area contributed by atoms with Crippen LogP contribution in [0.3, 0.4) is 0 Å². The predicted octanol–water partition coefficient (Wildman–Crippen LogP) is 1.51. The number of nitrogens with one attached hydrogen (secondary N) is 1. The SMILES string of the molecule is CSc1ccc(C(NCCCO)C(=O)O)cc1. The van der Waals surface area contributed by atoms with E-state index in [0.29, 0.717) is 13.0 Å². The first-order valence-corrected chi connectivity index (χ1v) is 6.62. The quantitative estimate of drug-likeness (QED) is 0.509. The molecule has 0 fully saturated rings. The molecule has 94 valence electrons. The Morgan fingerprint density at radius 2 is 2.06 bits per heavy atom. The highest BCUT2D eigenvalue weighted by atomic mass is 32.2. The van der Waals surface area contributed by atoms with Gasteiger partial charge in [0.1, 0.15) is 6.04 Å². The van der Waals surface area contributed by atoms with E-state index in [0.717, 1.165) is 10.5 Å². The van der Waals surface area contributed by atoms with Crippen LogP contribution in [0.2, 0.25) is 0 Å². The lowest BCUT2D eigenvalue weighted by Crippen LogP contribution is -2.29. The molecule has 0 aliphatic rings. The fourth-order valence-electron chi connectivity index (χ4n) is 1.47. The van der Waals surface area contributed by atoms with E-state index < -0.39 is 12.0 Å². The third-order valence-electron chi connectivity index (χ3n) is 2.38. The highest BCUT2D eigenvalue weighted by molar-refractivity contribution is 7.98. The minimum Gasteiger partial charge on any atom is -0.480 e. The van der Waals surface area contributed by atoms with E-state index in [1.165, 1.54) is 0 Å². The van der Waals surface area contributed by atoms with Gasteiger partial charge in [0.2, 0.25) is 0 Å². The monoisotopic (exact) mass is 255 g/mol. The minimum atomic E-state index is -0.903. The van der Waals surface area contributed by atoms with Crippen molar-refractivity contribution in [2.45, 2.75) is 17.4 Å². The number of rotatable bonds is 7. The third kappa shape index (κ3) is 4.38. The molecular formula is C12H17NO3S. The Balaban J connectivity index is 2.71. The molecule has 0 saturated carbocycles. The highest BCUT2D eigenvalue weighted by Gasteiger charge is 2.18. The van der Waals surface area contributed by atoms with E-state index in [1.807, 2.05) is 30.5 Å². The zero-order valence-electron chi connectivity index (χ0n) is 9.72. The standard InChI is InChI=1S/C12H17NO3S/c1-17-10-5-3-9(4-6-10)11(12(15)16)13-7-2-8-14/h3-6,11,13-14H,2,7-8H2,1H3,(H,15,16). The Bertz CT molecular complexity index is 353. The number of carboxylic acids is 1. The van der Waals surface area contributed by atoms with Crippen LogP contribution in [0.1, 0.15) is 18.0 Å². The number of aliphatic hydroxyl groups excluding tert-OH is 1. The Morgan fingerprint density at radius 1 is 1.41 bits per heavy atom. The molecule has 0 bridgehead atoms. The summed E-state index contributed by atoms with van der Waals surface area (Å²) in [5.74, 6) is -0.903. The van der Waals surface area contributed by atoms with Crippen LogP contribution in [-0.2, 0) is 4.79 Å². The maximum Gasteiger partial charge on any atom is 0.325 e. The average molecular weight is 255 g/mol. The summed E-state index contributed by atoms with van der Waals surface area (Å²) in [4.78, 5) is 12.2. The smallest absolute Gasteiger partial charge is 0.325 e. The van der Waals surface area contributed by atoms with E-state index in [4.69, 9.17) is 10.2 Å². The van der Waals surface area contributed by atoms with Gasteiger partial charge in [-0.05, 0) is 36.9 Å². The number of hydrogen-bond donors (Lipinski definition) is 3. The molecule has 0 heterocycles. The van der Waals surface area contributed by atoms with E-state index in [1.54, 1.807) is 11.8 Å². The Hall–Kier alpha value is -1.04. The molecule has 0 spiro atoms. The molecule has 4 nitrogen and oxygen atoms in total. The Labute approximate surface area is 105 Å². The van der Waals surface area contributed by atoms with E-state index >= 15 is 0 Å². The number of benzene rings is 1. The van der Waals surface area contributed by atoms with Crippen molar-refractivity contribution in [3.05, 3.63) is 29.8 Å². The zero-order chi connectivity index (χ0) is 12.7. The van der Waals surface area contributed by atoms with Crippen molar-refractivity contribution < 1.29 is 15.0 Å². The van der Waals surface area contributed by atoms with Crippen LogP contribution in [0.4, 0.5) is 0 Å². The van der Waals surface area contributed by atoms with Crippen molar-refractivity contribution in [2.75, 3.05) is 19.4 Å². The Kier molecular flexibility index (Phi) is 6.04. The van der Waals surface area contributed by atoms with Crippen LogP contribution in [0.5, 0.6) is 0 Å². The van der Waals surface area contributed by atoms with Gasteiger partial charge in [-0.15, -0.1) is 11.8 Å². The molecule has 1 aromatic carbocycles. The van der Waals surface area contributed by atoms with Crippen molar-refractivity contribution in [3.63, 3.8) is 0 Å². The normalized spacial score (nSPS) is 12.4. The van der Waals surface area contributed by atoms with E-state index in [2.05, 4.69) is 5.32 Å². The van der Waals surface area contributed by atoms with Crippen LogP contribution < -0.4 is 5.32 Å². The number of aliphatic hydroxyl groups is 1. The molecule has 0 saturated heterocycles. The van der Waals surface area contributed by atoms with Crippen molar-refractivity contribution in [1.82, 2.24) is 5.32 Å². The second-order valence-corrected chi connectivity index (χ2v) is 4.46. The van der Waals surface area contributed by atoms with Crippen molar-refractivity contribution in [1.29, 1.82) is 0 Å². The highest BCUT2D eigenvalue weighted by Crippen LogP contribution is 2.19. The number of aliphatic carboxylic acids is 1. The topological polar surface area (TPSA) is 69.6 Å². The van der Waals surface area contributed by atoms with Gasteiger partial charge in [-0.25, -0.2) is 0 Å². The van der Waals surface area contributed by atoms with Crippen LogP contribution in [0, 0.1) is 0 Å². The molecule has 1 atom stereocenters. The Morgan fingerprint density at radius 3 is 2.53 bits per heavy atom.